The number of carbonyl (C=O) groups is 2. The molecule has 0 spiro atoms. The van der Waals surface area contributed by atoms with Crippen LogP contribution in [0.4, 0.5) is 5.82 Å². The second-order valence-electron chi connectivity index (χ2n) is 10.5. The third-order valence-electron chi connectivity index (χ3n) is 7.62. The number of hydrogen-bond donors (Lipinski definition) is 4. The molecule has 6 rings (SSSR count). The highest BCUT2D eigenvalue weighted by Gasteiger charge is 2.21. The molecule has 0 aliphatic carbocycles. The number of amides is 2. The Balaban J connectivity index is 1.27. The number of aromatic nitrogens is 2. The number of nitrogens with zero attached hydrogens (tertiary/aromatic N) is 2. The standard InChI is InChI=1S/C32H30Cl2N6O3/c1-43-32-18(13-35-16-21-9-11-27(41)38-21)8-10-26(39-32)25-7-3-6-24(30(25)34)23-5-2-4-22(29(23)33)19-12-20-14-36-17-28(42)40-31(20)37-15-19/h2-8,10,12,15,21,35-36H,9,11,13-14,16-17H2,1H3,(H,38,41)(H,37,40,42)/t21-/m1/s1. The predicted octanol–water partition coefficient (Wildman–Crippen LogP) is 5.20. The lowest BCUT2D eigenvalue weighted by Gasteiger charge is -2.16. The minimum absolute atomic E-state index is 0.0994. The summed E-state index contributed by atoms with van der Waals surface area (Å²) in [5.74, 6) is 1.03. The summed E-state index contributed by atoms with van der Waals surface area (Å²) in [5.41, 5.74) is 6.40. The maximum Gasteiger partial charge on any atom is 0.239 e. The quantitative estimate of drug-likeness (QED) is 0.215. The van der Waals surface area contributed by atoms with Gasteiger partial charge in [0.1, 0.15) is 5.82 Å². The van der Waals surface area contributed by atoms with Crippen LogP contribution in [-0.4, -0.2) is 48.0 Å². The van der Waals surface area contributed by atoms with Crippen LogP contribution < -0.4 is 26.0 Å². The van der Waals surface area contributed by atoms with Gasteiger partial charge >= 0.3 is 0 Å². The van der Waals surface area contributed by atoms with Crippen molar-refractivity contribution in [2.75, 3.05) is 25.5 Å². The van der Waals surface area contributed by atoms with Crippen LogP contribution in [0.2, 0.25) is 10.0 Å². The van der Waals surface area contributed by atoms with Crippen molar-refractivity contribution in [2.24, 2.45) is 0 Å². The molecule has 0 bridgehead atoms. The molecule has 2 aromatic heterocycles. The molecule has 1 fully saturated rings. The Bertz CT molecular complexity index is 1710. The average Bonchev–Trinajstić information content (AvgIpc) is 3.33. The van der Waals surface area contributed by atoms with E-state index < -0.39 is 0 Å². The number of rotatable bonds is 8. The average molecular weight is 618 g/mol. The van der Waals surface area contributed by atoms with E-state index in [9.17, 15) is 9.59 Å². The number of carbonyl (C=O) groups excluding carboxylic acids is 2. The van der Waals surface area contributed by atoms with E-state index in [0.29, 0.717) is 53.5 Å². The molecule has 43 heavy (non-hydrogen) atoms. The van der Waals surface area contributed by atoms with Gasteiger partial charge in [0.25, 0.3) is 0 Å². The van der Waals surface area contributed by atoms with E-state index in [0.717, 1.165) is 45.4 Å². The number of hydrogen-bond acceptors (Lipinski definition) is 7. The highest BCUT2D eigenvalue weighted by atomic mass is 35.5. The van der Waals surface area contributed by atoms with E-state index in [-0.39, 0.29) is 24.4 Å². The van der Waals surface area contributed by atoms with Gasteiger partial charge in [-0.1, -0.05) is 65.7 Å². The Morgan fingerprint density at radius 2 is 1.70 bits per heavy atom. The van der Waals surface area contributed by atoms with E-state index in [4.69, 9.17) is 32.9 Å². The first kappa shape index (κ1) is 29.1. The maximum atomic E-state index is 11.9. The Morgan fingerprint density at radius 1 is 0.953 bits per heavy atom. The zero-order valence-electron chi connectivity index (χ0n) is 23.5. The van der Waals surface area contributed by atoms with Crippen LogP contribution in [-0.2, 0) is 22.7 Å². The molecule has 4 N–H and O–H groups in total. The number of anilines is 1. The maximum absolute atomic E-state index is 11.9. The summed E-state index contributed by atoms with van der Waals surface area (Å²) in [5, 5.41) is 13.3. The molecule has 1 saturated heterocycles. The Labute approximate surface area is 259 Å². The fourth-order valence-corrected chi connectivity index (χ4v) is 6.10. The second kappa shape index (κ2) is 12.7. The summed E-state index contributed by atoms with van der Waals surface area (Å²) in [6, 6.07) is 17.6. The van der Waals surface area contributed by atoms with Crippen LogP contribution in [0.15, 0.2) is 60.8 Å². The van der Waals surface area contributed by atoms with Gasteiger partial charge in [-0.05, 0) is 18.6 Å². The minimum Gasteiger partial charge on any atom is -0.481 e. The highest BCUT2D eigenvalue weighted by Crippen LogP contribution is 2.42. The number of fused-ring (bicyclic) bond motifs is 1. The Morgan fingerprint density at radius 3 is 2.44 bits per heavy atom. The van der Waals surface area contributed by atoms with E-state index >= 15 is 0 Å². The summed E-state index contributed by atoms with van der Waals surface area (Å²) in [6.07, 6.45) is 3.12. The van der Waals surface area contributed by atoms with E-state index in [1.54, 1.807) is 13.3 Å². The fourth-order valence-electron chi connectivity index (χ4n) is 5.43. The first-order chi connectivity index (χ1) is 20.9. The largest absolute Gasteiger partial charge is 0.481 e. The van der Waals surface area contributed by atoms with Gasteiger partial charge in [-0.3, -0.25) is 9.59 Å². The molecule has 1 atom stereocenters. The fraction of sp³-hybridized carbons (Fsp3) is 0.250. The summed E-state index contributed by atoms with van der Waals surface area (Å²) >= 11 is 14.1. The third-order valence-corrected chi connectivity index (χ3v) is 8.44. The zero-order chi connectivity index (χ0) is 29.9. The molecular weight excluding hydrogens is 587 g/mol. The van der Waals surface area contributed by atoms with Gasteiger partial charge in [0.2, 0.25) is 17.7 Å². The van der Waals surface area contributed by atoms with Crippen LogP contribution in [0, 0.1) is 0 Å². The topological polar surface area (TPSA) is 117 Å². The van der Waals surface area contributed by atoms with Gasteiger partial charge < -0.3 is 26.0 Å². The third kappa shape index (κ3) is 6.21. The first-order valence-corrected chi connectivity index (χ1v) is 14.8. The van der Waals surface area contributed by atoms with Crippen LogP contribution >= 0.6 is 23.2 Å². The van der Waals surface area contributed by atoms with Crippen molar-refractivity contribution >= 4 is 40.8 Å². The highest BCUT2D eigenvalue weighted by molar-refractivity contribution is 6.39. The van der Waals surface area contributed by atoms with Crippen LogP contribution in [0.1, 0.15) is 24.0 Å². The molecule has 4 aromatic rings. The van der Waals surface area contributed by atoms with Gasteiger partial charge in [0, 0.05) is 77.2 Å². The lowest BCUT2D eigenvalue weighted by atomic mass is 9.96. The molecule has 4 heterocycles. The molecule has 11 heteroatoms. The molecular formula is C32H30Cl2N6O3. The predicted molar refractivity (Wildman–Crippen MR) is 168 cm³/mol. The van der Waals surface area contributed by atoms with Gasteiger partial charge in [-0.15, -0.1) is 0 Å². The van der Waals surface area contributed by atoms with Crippen molar-refractivity contribution in [2.45, 2.75) is 32.0 Å². The van der Waals surface area contributed by atoms with Gasteiger partial charge in [-0.25, -0.2) is 9.97 Å². The Kier molecular flexibility index (Phi) is 8.58. The van der Waals surface area contributed by atoms with Crippen LogP contribution in [0.3, 0.4) is 0 Å². The van der Waals surface area contributed by atoms with Crippen molar-refractivity contribution < 1.29 is 14.3 Å². The summed E-state index contributed by atoms with van der Waals surface area (Å²) in [4.78, 5) is 32.6. The van der Waals surface area contributed by atoms with Crippen LogP contribution in [0.25, 0.3) is 33.5 Å². The minimum atomic E-state index is -0.123. The molecule has 2 aliphatic rings. The molecule has 2 amide bonds. The van der Waals surface area contributed by atoms with E-state index in [2.05, 4.69) is 26.3 Å². The first-order valence-electron chi connectivity index (χ1n) is 14.0. The normalized spacial score (nSPS) is 16.3. The monoisotopic (exact) mass is 616 g/mol. The SMILES string of the molecule is COc1nc(-c2cccc(-c3cccc(-c4cnc5c(c4)CNCC(=O)N5)c3Cl)c2Cl)ccc1CNC[C@H]1CCC(=O)N1. The van der Waals surface area contributed by atoms with Crippen molar-refractivity contribution in [3.05, 3.63) is 82.0 Å². The number of benzene rings is 2. The lowest BCUT2D eigenvalue weighted by Crippen LogP contribution is -2.35. The van der Waals surface area contributed by atoms with E-state index in [1.807, 2.05) is 54.6 Å². The van der Waals surface area contributed by atoms with Gasteiger partial charge in [-0.2, -0.15) is 0 Å². The van der Waals surface area contributed by atoms with Crippen molar-refractivity contribution in [1.29, 1.82) is 0 Å². The van der Waals surface area contributed by atoms with Gasteiger partial charge in [0.15, 0.2) is 0 Å². The number of nitrogens with one attached hydrogen (secondary N) is 4. The summed E-state index contributed by atoms with van der Waals surface area (Å²) in [7, 11) is 1.59. The van der Waals surface area contributed by atoms with Crippen molar-refractivity contribution in [3.63, 3.8) is 0 Å². The molecule has 220 valence electrons. The number of ether oxygens (including phenoxy) is 1. The summed E-state index contributed by atoms with van der Waals surface area (Å²) < 4.78 is 5.62. The van der Waals surface area contributed by atoms with Crippen molar-refractivity contribution in [3.8, 4) is 39.4 Å². The molecule has 9 nitrogen and oxygen atoms in total. The second-order valence-corrected chi connectivity index (χ2v) is 11.3. The van der Waals surface area contributed by atoms with E-state index in [1.165, 1.54) is 0 Å². The zero-order valence-corrected chi connectivity index (χ0v) is 25.0. The lowest BCUT2D eigenvalue weighted by molar-refractivity contribution is -0.119. The molecule has 0 radical (unpaired) electrons. The van der Waals surface area contributed by atoms with Gasteiger partial charge in [0.05, 0.1) is 29.4 Å². The summed E-state index contributed by atoms with van der Waals surface area (Å²) in [6.45, 7) is 1.99. The molecule has 2 aliphatic heterocycles. The molecule has 0 unspecified atom stereocenters. The number of pyridine rings is 2. The number of halogens is 2. The van der Waals surface area contributed by atoms with Crippen molar-refractivity contribution in [1.82, 2.24) is 25.9 Å². The van der Waals surface area contributed by atoms with Crippen LogP contribution in [0.5, 0.6) is 5.88 Å². The smallest absolute Gasteiger partial charge is 0.239 e. The number of methoxy groups -OCH3 is 1. The molecule has 2 aromatic carbocycles. The Hall–Kier alpha value is -4.02. The molecule has 0 saturated carbocycles.